The van der Waals surface area contributed by atoms with E-state index >= 15 is 0 Å². The Morgan fingerprint density at radius 3 is 2.79 bits per heavy atom. The van der Waals surface area contributed by atoms with Gasteiger partial charge in [-0.3, -0.25) is 4.79 Å². The zero-order chi connectivity index (χ0) is 20.6. The van der Waals surface area contributed by atoms with E-state index in [9.17, 15) is 9.90 Å². The minimum atomic E-state index is -1.62. The molecule has 1 saturated heterocycles. The first kappa shape index (κ1) is 18.8. The second-order valence-corrected chi connectivity index (χ2v) is 7.11. The third kappa shape index (κ3) is 3.50. The number of nitrogens with zero attached hydrogens (tertiary/aromatic N) is 4. The number of pyridine rings is 1. The highest BCUT2D eigenvalue weighted by Gasteiger charge is 2.42. The number of nitrogens with two attached hydrogens (primary N) is 1. The molecule has 1 fully saturated rings. The van der Waals surface area contributed by atoms with E-state index in [-0.39, 0.29) is 5.91 Å². The molecule has 0 radical (unpaired) electrons. The van der Waals surface area contributed by atoms with Crippen molar-refractivity contribution in [3.63, 3.8) is 0 Å². The minimum absolute atomic E-state index is 0.306. The van der Waals surface area contributed by atoms with E-state index in [0.29, 0.717) is 47.6 Å². The number of amides is 1. The summed E-state index contributed by atoms with van der Waals surface area (Å²) in [6, 6.07) is 11.2. The lowest BCUT2D eigenvalue weighted by Crippen LogP contribution is -2.37. The standard InChI is InChI=1S/C22H21N5O2/c1-3-18-24-17-8-7-16(25-19(17)20(23)26-18)15-6-4-5-14(13-15)9-10-22(29)11-12-27(2)21(22)28/h4-8,13,29H,3,11-12H2,1-2H3,(H2,23,24,26)/t22-/m0/s1. The summed E-state index contributed by atoms with van der Waals surface area (Å²) in [6.07, 6.45) is 1.01. The number of likely N-dealkylation sites (N-methyl/N-ethyl adjacent to an activating group) is 1. The molecule has 7 heteroatoms. The van der Waals surface area contributed by atoms with Gasteiger partial charge >= 0.3 is 0 Å². The Hall–Kier alpha value is -3.50. The van der Waals surface area contributed by atoms with Crippen LogP contribution in [0.5, 0.6) is 0 Å². The van der Waals surface area contributed by atoms with Gasteiger partial charge in [-0.05, 0) is 24.3 Å². The number of hydrogen-bond donors (Lipinski definition) is 2. The molecule has 1 atom stereocenters. The number of fused-ring (bicyclic) bond motifs is 1. The van der Waals surface area contributed by atoms with Crippen LogP contribution in [0, 0.1) is 11.8 Å². The molecule has 2 aromatic heterocycles. The largest absolute Gasteiger partial charge is 0.382 e. The fourth-order valence-electron chi connectivity index (χ4n) is 3.31. The summed E-state index contributed by atoms with van der Waals surface area (Å²) in [5, 5.41) is 10.5. The monoisotopic (exact) mass is 387 g/mol. The average Bonchev–Trinajstić information content (AvgIpc) is 3.00. The summed E-state index contributed by atoms with van der Waals surface area (Å²) in [5.41, 5.74) is 7.97. The second-order valence-electron chi connectivity index (χ2n) is 7.11. The number of aromatic nitrogens is 3. The molecule has 0 unspecified atom stereocenters. The second kappa shape index (κ2) is 7.15. The predicted molar refractivity (Wildman–Crippen MR) is 111 cm³/mol. The molecule has 3 N–H and O–H groups in total. The van der Waals surface area contributed by atoms with Crippen LogP contribution in [0.4, 0.5) is 5.82 Å². The third-order valence-corrected chi connectivity index (χ3v) is 5.01. The molecule has 0 bridgehead atoms. The van der Waals surface area contributed by atoms with E-state index in [1.54, 1.807) is 7.05 Å². The Morgan fingerprint density at radius 2 is 2.07 bits per heavy atom. The number of nitrogen functional groups attached to an aromatic ring is 1. The Balaban J connectivity index is 1.69. The van der Waals surface area contributed by atoms with Crippen LogP contribution in [0.3, 0.4) is 0 Å². The summed E-state index contributed by atoms with van der Waals surface area (Å²) in [5.74, 6) is 6.35. The lowest BCUT2D eigenvalue weighted by molar-refractivity contribution is -0.137. The van der Waals surface area contributed by atoms with Crippen LogP contribution < -0.4 is 5.73 Å². The van der Waals surface area contributed by atoms with Crippen molar-refractivity contribution < 1.29 is 9.90 Å². The SMILES string of the molecule is CCc1nc(N)c2nc(-c3cccc(C#C[C@]4(O)CCN(C)C4=O)c3)ccc2n1. The topological polar surface area (TPSA) is 105 Å². The van der Waals surface area contributed by atoms with Crippen LogP contribution in [-0.2, 0) is 11.2 Å². The molecule has 1 aliphatic rings. The fraction of sp³-hybridized carbons (Fsp3) is 0.273. The van der Waals surface area contributed by atoms with Gasteiger partial charge in [0, 0.05) is 37.6 Å². The molecule has 3 heterocycles. The number of carbonyl (C=O) groups is 1. The quantitative estimate of drug-likeness (QED) is 0.650. The summed E-state index contributed by atoms with van der Waals surface area (Å²) >= 11 is 0. The van der Waals surface area contributed by atoms with Gasteiger partial charge < -0.3 is 15.7 Å². The number of anilines is 1. The van der Waals surface area contributed by atoms with Gasteiger partial charge in [-0.1, -0.05) is 30.9 Å². The van der Waals surface area contributed by atoms with Crippen LogP contribution in [-0.4, -0.2) is 50.1 Å². The third-order valence-electron chi connectivity index (χ3n) is 5.01. The van der Waals surface area contributed by atoms with Crippen molar-refractivity contribution in [2.75, 3.05) is 19.3 Å². The Labute approximate surface area is 168 Å². The molecule has 0 saturated carbocycles. The number of aliphatic hydroxyl groups is 1. The molecule has 1 aliphatic heterocycles. The first-order valence-corrected chi connectivity index (χ1v) is 9.44. The van der Waals surface area contributed by atoms with Gasteiger partial charge in [-0.2, -0.15) is 0 Å². The maximum absolute atomic E-state index is 12.1. The van der Waals surface area contributed by atoms with Crippen molar-refractivity contribution in [2.45, 2.75) is 25.4 Å². The number of carbonyl (C=O) groups excluding carboxylic acids is 1. The van der Waals surface area contributed by atoms with Crippen LogP contribution in [0.1, 0.15) is 24.7 Å². The fourth-order valence-corrected chi connectivity index (χ4v) is 3.31. The van der Waals surface area contributed by atoms with Crippen molar-refractivity contribution in [1.82, 2.24) is 19.9 Å². The van der Waals surface area contributed by atoms with E-state index in [4.69, 9.17) is 5.73 Å². The average molecular weight is 387 g/mol. The molecule has 1 amide bonds. The van der Waals surface area contributed by atoms with E-state index < -0.39 is 5.60 Å². The summed E-state index contributed by atoms with van der Waals surface area (Å²) in [4.78, 5) is 26.9. The van der Waals surface area contributed by atoms with Crippen molar-refractivity contribution >= 4 is 22.8 Å². The molecule has 4 rings (SSSR count). The molecular formula is C22H21N5O2. The van der Waals surface area contributed by atoms with E-state index in [1.165, 1.54) is 4.90 Å². The van der Waals surface area contributed by atoms with E-state index in [2.05, 4.69) is 26.8 Å². The lowest BCUT2D eigenvalue weighted by Gasteiger charge is -2.13. The van der Waals surface area contributed by atoms with Gasteiger partial charge in [0.15, 0.2) is 5.82 Å². The van der Waals surface area contributed by atoms with Crippen LogP contribution in [0.15, 0.2) is 36.4 Å². The smallest absolute Gasteiger partial charge is 0.267 e. The maximum Gasteiger partial charge on any atom is 0.267 e. The number of hydrogen-bond acceptors (Lipinski definition) is 6. The first-order valence-electron chi connectivity index (χ1n) is 9.44. The minimum Gasteiger partial charge on any atom is -0.382 e. The Kier molecular flexibility index (Phi) is 4.65. The molecule has 0 aliphatic carbocycles. The number of aryl methyl sites for hydroxylation is 1. The first-order chi connectivity index (χ1) is 13.9. The summed E-state index contributed by atoms with van der Waals surface area (Å²) in [6.45, 7) is 2.47. The normalized spacial score (nSPS) is 18.7. The van der Waals surface area contributed by atoms with E-state index in [0.717, 1.165) is 11.3 Å². The Morgan fingerprint density at radius 1 is 1.24 bits per heavy atom. The number of rotatable bonds is 2. The van der Waals surface area contributed by atoms with Crippen molar-refractivity contribution in [3.05, 3.63) is 47.8 Å². The van der Waals surface area contributed by atoms with Crippen molar-refractivity contribution in [3.8, 4) is 23.1 Å². The van der Waals surface area contributed by atoms with Crippen LogP contribution in [0.2, 0.25) is 0 Å². The van der Waals surface area contributed by atoms with Crippen molar-refractivity contribution in [2.24, 2.45) is 0 Å². The highest BCUT2D eigenvalue weighted by molar-refractivity contribution is 5.90. The Bertz CT molecular complexity index is 1180. The van der Waals surface area contributed by atoms with E-state index in [1.807, 2.05) is 43.3 Å². The predicted octanol–water partition coefficient (Wildman–Crippen LogP) is 1.78. The van der Waals surface area contributed by atoms with Gasteiger partial charge in [-0.15, -0.1) is 0 Å². The molecule has 1 aromatic carbocycles. The molecule has 146 valence electrons. The van der Waals surface area contributed by atoms with Gasteiger partial charge in [0.1, 0.15) is 11.3 Å². The lowest BCUT2D eigenvalue weighted by atomic mass is 10.0. The van der Waals surface area contributed by atoms with Gasteiger partial charge in [0.25, 0.3) is 5.91 Å². The van der Waals surface area contributed by atoms with Crippen molar-refractivity contribution in [1.29, 1.82) is 0 Å². The molecular weight excluding hydrogens is 366 g/mol. The molecule has 3 aromatic rings. The summed E-state index contributed by atoms with van der Waals surface area (Å²) < 4.78 is 0. The number of benzene rings is 1. The van der Waals surface area contributed by atoms with Gasteiger partial charge in [0.2, 0.25) is 5.60 Å². The highest BCUT2D eigenvalue weighted by atomic mass is 16.3. The van der Waals surface area contributed by atoms with Crippen LogP contribution >= 0.6 is 0 Å². The summed E-state index contributed by atoms with van der Waals surface area (Å²) in [7, 11) is 1.66. The molecule has 0 spiro atoms. The van der Waals surface area contributed by atoms with Gasteiger partial charge in [0.05, 0.1) is 11.2 Å². The highest BCUT2D eigenvalue weighted by Crippen LogP contribution is 2.24. The molecule has 7 nitrogen and oxygen atoms in total. The number of likely N-dealkylation sites (tertiary alicyclic amines) is 1. The van der Waals surface area contributed by atoms with Gasteiger partial charge in [-0.25, -0.2) is 15.0 Å². The zero-order valence-corrected chi connectivity index (χ0v) is 16.3. The molecule has 29 heavy (non-hydrogen) atoms. The maximum atomic E-state index is 12.1. The zero-order valence-electron chi connectivity index (χ0n) is 16.3. The van der Waals surface area contributed by atoms with Crippen LogP contribution in [0.25, 0.3) is 22.3 Å².